The molecule has 3 amide bonds. The van der Waals surface area contributed by atoms with E-state index in [0.717, 1.165) is 40.6 Å². The van der Waals surface area contributed by atoms with Crippen LogP contribution < -0.4 is 21.1 Å². The summed E-state index contributed by atoms with van der Waals surface area (Å²) in [7, 11) is 0. The van der Waals surface area contributed by atoms with Gasteiger partial charge in [-0.1, -0.05) is 24.6 Å². The Balaban J connectivity index is 0.000000234. The van der Waals surface area contributed by atoms with Crippen LogP contribution in [0.5, 0.6) is 0 Å². The molecule has 5 N–H and O–H groups in total. The number of hydrogen-bond donors (Lipinski definition) is 4. The molecule has 3 heterocycles. The van der Waals surface area contributed by atoms with Crippen LogP contribution in [-0.4, -0.2) is 50.5 Å². The number of carbonyl (C=O) groups is 2. The molecular weight excluding hydrogens is 422 g/mol. The molecule has 2 aliphatic rings. The minimum absolute atomic E-state index is 0.00491. The van der Waals surface area contributed by atoms with Crippen molar-refractivity contribution in [2.45, 2.75) is 49.7 Å². The third-order valence-electron chi connectivity index (χ3n) is 4.70. The zero-order valence-electron chi connectivity index (χ0n) is 16.8. The predicted octanol–water partition coefficient (Wildman–Crippen LogP) is 1.82. The van der Waals surface area contributed by atoms with Gasteiger partial charge in [0.25, 0.3) is 0 Å². The molecule has 2 aromatic rings. The maximum Gasteiger partial charge on any atom is 0.315 e. The van der Waals surface area contributed by atoms with E-state index in [0.29, 0.717) is 25.0 Å². The van der Waals surface area contributed by atoms with E-state index in [1.165, 1.54) is 11.9 Å². The van der Waals surface area contributed by atoms with Gasteiger partial charge in [0.05, 0.1) is 30.5 Å². The number of urea groups is 1. The Morgan fingerprint density at radius 1 is 1.37 bits per heavy atom. The quantitative estimate of drug-likeness (QED) is 0.375. The van der Waals surface area contributed by atoms with Gasteiger partial charge in [-0.3, -0.25) is 9.93 Å². The van der Waals surface area contributed by atoms with Gasteiger partial charge in [0.1, 0.15) is 5.69 Å². The number of fused-ring (bicyclic) bond motifs is 1. The van der Waals surface area contributed by atoms with E-state index >= 15 is 0 Å². The lowest BCUT2D eigenvalue weighted by Gasteiger charge is -2.02. The van der Waals surface area contributed by atoms with Crippen LogP contribution in [0.15, 0.2) is 35.4 Å². The third-order valence-corrected chi connectivity index (χ3v) is 6.41. The Hall–Kier alpha value is -2.24. The number of hydrogen-bond acceptors (Lipinski definition) is 7. The molecule has 2 atom stereocenters. The summed E-state index contributed by atoms with van der Waals surface area (Å²) < 4.78 is 1.67. The van der Waals surface area contributed by atoms with Crippen molar-refractivity contribution in [1.82, 2.24) is 30.9 Å². The van der Waals surface area contributed by atoms with E-state index in [2.05, 4.69) is 33.2 Å². The molecule has 0 aliphatic carbocycles. The Morgan fingerprint density at radius 2 is 2.13 bits per heavy atom. The molecule has 0 spiro atoms. The molecule has 2 fully saturated rings. The Bertz CT molecular complexity index is 847. The van der Waals surface area contributed by atoms with Crippen LogP contribution in [-0.2, 0) is 11.3 Å². The van der Waals surface area contributed by atoms with Gasteiger partial charge in [0.15, 0.2) is 0 Å². The zero-order chi connectivity index (χ0) is 21.3. The lowest BCUT2D eigenvalue weighted by Crippen LogP contribution is -2.31. The molecule has 30 heavy (non-hydrogen) atoms. The highest BCUT2D eigenvalue weighted by molar-refractivity contribution is 7.99. The monoisotopic (exact) mass is 449 g/mol. The molecular formula is C19H27N7O2S2. The van der Waals surface area contributed by atoms with Crippen LogP contribution in [0, 0.1) is 0 Å². The molecule has 0 unspecified atom stereocenters. The minimum Gasteiger partial charge on any atom is -0.350 e. The highest BCUT2D eigenvalue weighted by Crippen LogP contribution is 2.20. The molecule has 0 saturated carbocycles. The van der Waals surface area contributed by atoms with Gasteiger partial charge in [-0.05, 0) is 36.6 Å². The molecule has 2 aliphatic heterocycles. The number of rotatable bonds is 7. The molecule has 1 aromatic heterocycles. The van der Waals surface area contributed by atoms with Crippen LogP contribution in [0.2, 0.25) is 0 Å². The smallest absolute Gasteiger partial charge is 0.315 e. The maximum atomic E-state index is 11.6. The molecule has 4 rings (SSSR count). The Morgan fingerprint density at radius 3 is 2.83 bits per heavy atom. The molecule has 9 nitrogen and oxygen atoms in total. The van der Waals surface area contributed by atoms with Crippen LogP contribution in [0.4, 0.5) is 4.79 Å². The number of nitrogens with two attached hydrogens (primary N) is 1. The first-order chi connectivity index (χ1) is 14.6. The number of unbranched alkanes of at least 4 members (excludes halogenated alkanes) is 1. The number of thioether (sulfide) groups is 1. The summed E-state index contributed by atoms with van der Waals surface area (Å²) in [5, 5.41) is 22.2. The Kier molecular flexibility index (Phi) is 8.40. The van der Waals surface area contributed by atoms with Crippen molar-refractivity contribution < 1.29 is 9.59 Å². The first-order valence-corrected chi connectivity index (χ1v) is 11.9. The Labute approximate surface area is 184 Å². The molecule has 11 heteroatoms. The topological polar surface area (TPSA) is 127 Å². The van der Waals surface area contributed by atoms with Gasteiger partial charge < -0.3 is 16.0 Å². The standard InChI is InChI=1S/C14H19N5OS.C5H8N2OS/c1-2-3-7-14(20)16-9-11-10-19(18-17-11)12-5-4-6-13(8-12)21-15;8-5-6-3-1-9-2-4(3)7-5/h4-6,8,10H,2-3,7,9,15H2,1H3,(H,16,20);3-4H,1-2H2,(H2,6,7,8)/t;3-,4+. The number of benzene rings is 1. The summed E-state index contributed by atoms with van der Waals surface area (Å²) in [4.78, 5) is 23.1. The first-order valence-electron chi connectivity index (χ1n) is 9.89. The highest BCUT2D eigenvalue weighted by Gasteiger charge is 2.35. The normalized spacial score (nSPS) is 19.3. The van der Waals surface area contributed by atoms with E-state index in [9.17, 15) is 9.59 Å². The summed E-state index contributed by atoms with van der Waals surface area (Å²) in [6.07, 6.45) is 4.28. The molecule has 1 aromatic carbocycles. The largest absolute Gasteiger partial charge is 0.350 e. The number of aromatic nitrogens is 3. The number of carbonyl (C=O) groups excluding carboxylic acids is 2. The summed E-state index contributed by atoms with van der Waals surface area (Å²) in [6, 6.07) is 8.52. The van der Waals surface area contributed by atoms with Crippen molar-refractivity contribution in [2.24, 2.45) is 5.14 Å². The van der Waals surface area contributed by atoms with Gasteiger partial charge in [-0.15, -0.1) is 5.10 Å². The fourth-order valence-corrected chi connectivity index (χ4v) is 4.66. The van der Waals surface area contributed by atoms with Gasteiger partial charge >= 0.3 is 6.03 Å². The van der Waals surface area contributed by atoms with Crippen LogP contribution >= 0.6 is 23.7 Å². The zero-order valence-corrected chi connectivity index (χ0v) is 18.5. The summed E-state index contributed by atoms with van der Waals surface area (Å²) in [5.41, 5.74) is 1.62. The van der Waals surface area contributed by atoms with Crippen LogP contribution in [0.25, 0.3) is 5.69 Å². The van der Waals surface area contributed by atoms with Gasteiger partial charge in [-0.25, -0.2) is 9.48 Å². The van der Waals surface area contributed by atoms with Gasteiger partial charge in [0, 0.05) is 22.8 Å². The minimum atomic E-state index is 0.00491. The second-order valence-corrected chi connectivity index (χ2v) is 8.80. The average Bonchev–Trinajstić information content (AvgIpc) is 3.47. The van der Waals surface area contributed by atoms with Crippen molar-refractivity contribution in [3.05, 3.63) is 36.2 Å². The predicted molar refractivity (Wildman–Crippen MR) is 119 cm³/mol. The molecule has 0 bridgehead atoms. The fourth-order valence-electron chi connectivity index (χ4n) is 3.04. The number of nitrogens with one attached hydrogen (secondary N) is 3. The molecule has 2 saturated heterocycles. The second kappa shape index (κ2) is 11.2. The van der Waals surface area contributed by atoms with E-state index < -0.39 is 0 Å². The van der Waals surface area contributed by atoms with E-state index in [1.54, 1.807) is 10.9 Å². The second-order valence-electron chi connectivity index (χ2n) is 7.02. The van der Waals surface area contributed by atoms with E-state index in [1.807, 2.05) is 36.0 Å². The van der Waals surface area contributed by atoms with Crippen molar-refractivity contribution >= 4 is 35.6 Å². The fraction of sp³-hybridized carbons (Fsp3) is 0.474. The van der Waals surface area contributed by atoms with Gasteiger partial charge in [-0.2, -0.15) is 11.8 Å². The number of amides is 3. The molecule has 162 valence electrons. The van der Waals surface area contributed by atoms with E-state index in [-0.39, 0.29) is 11.9 Å². The lowest BCUT2D eigenvalue weighted by atomic mass is 10.2. The lowest BCUT2D eigenvalue weighted by molar-refractivity contribution is -0.121. The van der Waals surface area contributed by atoms with E-state index in [4.69, 9.17) is 5.14 Å². The van der Waals surface area contributed by atoms with Crippen LogP contribution in [0.1, 0.15) is 31.9 Å². The first kappa shape index (κ1) is 22.4. The maximum absolute atomic E-state index is 11.6. The van der Waals surface area contributed by atoms with Gasteiger partial charge in [0.2, 0.25) is 5.91 Å². The summed E-state index contributed by atoms with van der Waals surface area (Å²) >= 11 is 3.08. The van der Waals surface area contributed by atoms with Crippen LogP contribution in [0.3, 0.4) is 0 Å². The SMILES string of the molecule is CCCCC(=O)NCc1cn(-c2cccc(SN)c2)nn1.O=C1N[C@H]2CSC[C@H]2N1. The van der Waals surface area contributed by atoms with Crippen molar-refractivity contribution in [1.29, 1.82) is 0 Å². The number of nitrogens with zero attached hydrogens (tertiary/aromatic N) is 3. The van der Waals surface area contributed by atoms with Crippen molar-refractivity contribution in [2.75, 3.05) is 11.5 Å². The van der Waals surface area contributed by atoms with Crippen molar-refractivity contribution in [3.8, 4) is 5.69 Å². The molecule has 0 radical (unpaired) electrons. The highest BCUT2D eigenvalue weighted by atomic mass is 32.2. The summed E-state index contributed by atoms with van der Waals surface area (Å²) in [5.74, 6) is 2.19. The summed E-state index contributed by atoms with van der Waals surface area (Å²) in [6.45, 7) is 2.46. The average molecular weight is 450 g/mol. The third kappa shape index (κ3) is 6.38. The van der Waals surface area contributed by atoms with Crippen molar-refractivity contribution in [3.63, 3.8) is 0 Å².